The van der Waals surface area contributed by atoms with Gasteiger partial charge >= 0.3 is 5.97 Å². The fraction of sp³-hybridized carbons (Fsp3) is 0.312. The summed E-state index contributed by atoms with van der Waals surface area (Å²) in [6, 6.07) is 6.92. The monoisotopic (exact) mass is 260 g/mol. The van der Waals surface area contributed by atoms with E-state index in [4.69, 9.17) is 5.11 Å². The number of hydrogen-bond acceptors (Lipinski definition) is 2. The summed E-state index contributed by atoms with van der Waals surface area (Å²) < 4.78 is 0. The predicted octanol–water partition coefficient (Wildman–Crippen LogP) is 3.25. The molecule has 3 heteroatoms. The Bertz CT molecular complexity index is 457. The summed E-state index contributed by atoms with van der Waals surface area (Å²) in [5.74, 6) is -0.550. The number of rotatable bonds is 7. The molecule has 0 amide bonds. The van der Waals surface area contributed by atoms with Crippen molar-refractivity contribution < 1.29 is 15.0 Å². The van der Waals surface area contributed by atoms with E-state index in [1.54, 1.807) is 30.3 Å². The lowest BCUT2D eigenvalue weighted by Gasteiger charge is -2.06. The number of carbonyl (C=O) groups is 1. The first-order chi connectivity index (χ1) is 9.08. The molecule has 0 aliphatic rings. The largest absolute Gasteiger partial charge is 0.478 e. The van der Waals surface area contributed by atoms with E-state index in [0.717, 1.165) is 12.0 Å². The topological polar surface area (TPSA) is 57.5 Å². The molecule has 2 N–H and O–H groups in total. The van der Waals surface area contributed by atoms with Gasteiger partial charge in [-0.1, -0.05) is 43.3 Å². The molecule has 0 fully saturated rings. The van der Waals surface area contributed by atoms with E-state index in [1.807, 2.05) is 6.08 Å². The van der Waals surface area contributed by atoms with Gasteiger partial charge in [0.1, 0.15) is 0 Å². The first kappa shape index (κ1) is 15.2. The molecule has 1 aromatic carbocycles. The van der Waals surface area contributed by atoms with Crippen LogP contribution in [0.2, 0.25) is 0 Å². The maximum absolute atomic E-state index is 11.3. The third-order valence-electron chi connectivity index (χ3n) is 3.05. The third kappa shape index (κ3) is 4.72. The minimum Gasteiger partial charge on any atom is -0.478 e. The van der Waals surface area contributed by atoms with E-state index in [0.29, 0.717) is 23.5 Å². The van der Waals surface area contributed by atoms with Crippen LogP contribution in [0.25, 0.3) is 5.57 Å². The van der Waals surface area contributed by atoms with Crippen LogP contribution in [0.3, 0.4) is 0 Å². The van der Waals surface area contributed by atoms with Crippen molar-refractivity contribution in [2.75, 3.05) is 0 Å². The Balaban J connectivity index is 2.84. The Morgan fingerprint density at radius 3 is 2.47 bits per heavy atom. The lowest BCUT2D eigenvalue weighted by atomic mass is 10.00. The predicted molar refractivity (Wildman–Crippen MR) is 76.6 cm³/mol. The Morgan fingerprint density at radius 2 is 2.00 bits per heavy atom. The average Bonchev–Trinajstić information content (AvgIpc) is 2.43. The van der Waals surface area contributed by atoms with Crippen molar-refractivity contribution in [2.24, 2.45) is 5.92 Å². The van der Waals surface area contributed by atoms with Gasteiger partial charge in [0.15, 0.2) is 0 Å². The Morgan fingerprint density at radius 1 is 1.37 bits per heavy atom. The lowest BCUT2D eigenvalue weighted by molar-refractivity contribution is -0.130. The van der Waals surface area contributed by atoms with Crippen LogP contribution < -0.4 is 0 Å². The van der Waals surface area contributed by atoms with Crippen molar-refractivity contribution in [1.29, 1.82) is 0 Å². The normalized spacial score (nSPS) is 13.1. The molecular formula is C16H20O3. The van der Waals surface area contributed by atoms with Crippen molar-refractivity contribution in [3.63, 3.8) is 0 Å². The van der Waals surface area contributed by atoms with Crippen LogP contribution in [0.4, 0.5) is 0 Å². The summed E-state index contributed by atoms with van der Waals surface area (Å²) in [7, 11) is 0. The van der Waals surface area contributed by atoms with Gasteiger partial charge in [0.2, 0.25) is 0 Å². The molecule has 0 spiro atoms. The first-order valence-corrected chi connectivity index (χ1v) is 6.34. The van der Waals surface area contributed by atoms with Crippen molar-refractivity contribution in [3.8, 4) is 0 Å². The fourth-order valence-electron chi connectivity index (χ4n) is 1.73. The molecule has 1 aromatic rings. The number of carboxylic acid groups (broad SMARTS) is 1. The van der Waals surface area contributed by atoms with Gasteiger partial charge < -0.3 is 10.2 Å². The highest BCUT2D eigenvalue weighted by atomic mass is 16.4. The van der Waals surface area contributed by atoms with Crippen molar-refractivity contribution >= 4 is 11.5 Å². The molecule has 0 saturated carbocycles. The van der Waals surface area contributed by atoms with Gasteiger partial charge in [-0.15, -0.1) is 6.58 Å². The summed E-state index contributed by atoms with van der Waals surface area (Å²) in [6.45, 7) is 5.72. The van der Waals surface area contributed by atoms with Gasteiger partial charge in [0, 0.05) is 0 Å². The third-order valence-corrected chi connectivity index (χ3v) is 3.05. The van der Waals surface area contributed by atoms with Gasteiger partial charge in [0.05, 0.1) is 12.2 Å². The van der Waals surface area contributed by atoms with E-state index >= 15 is 0 Å². The number of carboxylic acids is 1. The maximum atomic E-state index is 11.3. The Hall–Kier alpha value is -1.87. The lowest BCUT2D eigenvalue weighted by Crippen LogP contribution is -2.00. The highest BCUT2D eigenvalue weighted by molar-refractivity contribution is 6.15. The minimum atomic E-state index is -0.928. The number of benzene rings is 1. The zero-order valence-electron chi connectivity index (χ0n) is 11.2. The summed E-state index contributed by atoms with van der Waals surface area (Å²) in [6.07, 6.45) is 5.20. The van der Waals surface area contributed by atoms with Crippen LogP contribution in [-0.2, 0) is 11.4 Å². The molecule has 0 aliphatic carbocycles. The van der Waals surface area contributed by atoms with Gasteiger partial charge in [-0.25, -0.2) is 4.79 Å². The highest BCUT2D eigenvalue weighted by Gasteiger charge is 2.09. The van der Waals surface area contributed by atoms with Gasteiger partial charge in [-0.05, 0) is 29.9 Å². The van der Waals surface area contributed by atoms with Crippen molar-refractivity contribution in [2.45, 2.75) is 26.4 Å². The average molecular weight is 260 g/mol. The number of aliphatic hydroxyl groups is 1. The smallest absolute Gasteiger partial charge is 0.335 e. The first-order valence-electron chi connectivity index (χ1n) is 6.34. The Labute approximate surface area is 113 Å². The van der Waals surface area contributed by atoms with Crippen molar-refractivity contribution in [1.82, 2.24) is 0 Å². The van der Waals surface area contributed by atoms with Gasteiger partial charge in [-0.3, -0.25) is 0 Å². The minimum absolute atomic E-state index is 0.0384. The molecule has 0 aromatic heterocycles. The number of aliphatic hydroxyl groups excluding tert-OH is 1. The standard InChI is InChI=1S/C16H20O3/c1-3-12(2)5-4-6-15(16(18)19)14-9-7-13(11-17)8-10-14/h3,6-10,12,17H,1,4-5,11H2,2H3,(H,18,19). The molecule has 0 radical (unpaired) electrons. The molecule has 3 nitrogen and oxygen atoms in total. The second-order valence-corrected chi connectivity index (χ2v) is 4.57. The van der Waals surface area contributed by atoms with Crippen LogP contribution >= 0.6 is 0 Å². The van der Waals surface area contributed by atoms with E-state index < -0.39 is 5.97 Å². The summed E-state index contributed by atoms with van der Waals surface area (Å²) in [4.78, 5) is 11.3. The maximum Gasteiger partial charge on any atom is 0.335 e. The van der Waals surface area contributed by atoms with Crippen LogP contribution in [-0.4, -0.2) is 16.2 Å². The highest BCUT2D eigenvalue weighted by Crippen LogP contribution is 2.18. The molecule has 0 heterocycles. The molecule has 19 heavy (non-hydrogen) atoms. The van der Waals surface area contributed by atoms with E-state index in [1.165, 1.54) is 0 Å². The zero-order chi connectivity index (χ0) is 14.3. The molecule has 1 rings (SSSR count). The SMILES string of the molecule is C=CC(C)CCC=C(C(=O)O)c1ccc(CO)cc1. The summed E-state index contributed by atoms with van der Waals surface area (Å²) >= 11 is 0. The summed E-state index contributed by atoms with van der Waals surface area (Å²) in [5, 5.41) is 18.2. The fourth-order valence-corrected chi connectivity index (χ4v) is 1.73. The number of allylic oxidation sites excluding steroid dienone is 2. The zero-order valence-corrected chi connectivity index (χ0v) is 11.2. The number of aliphatic carboxylic acids is 1. The molecule has 0 bridgehead atoms. The van der Waals surface area contributed by atoms with Crippen LogP contribution in [0.15, 0.2) is 43.0 Å². The number of hydrogen-bond donors (Lipinski definition) is 2. The van der Waals surface area contributed by atoms with Crippen LogP contribution in [0.5, 0.6) is 0 Å². The van der Waals surface area contributed by atoms with E-state index in [9.17, 15) is 9.90 Å². The second kappa shape index (κ2) is 7.54. The molecule has 102 valence electrons. The molecule has 0 saturated heterocycles. The van der Waals surface area contributed by atoms with Crippen molar-refractivity contribution in [3.05, 3.63) is 54.1 Å². The second-order valence-electron chi connectivity index (χ2n) is 4.57. The van der Waals surface area contributed by atoms with Crippen LogP contribution in [0.1, 0.15) is 30.9 Å². The van der Waals surface area contributed by atoms with Gasteiger partial charge in [-0.2, -0.15) is 0 Å². The summed E-state index contributed by atoms with van der Waals surface area (Å²) in [5.41, 5.74) is 1.74. The Kier molecular flexibility index (Phi) is 6.03. The van der Waals surface area contributed by atoms with E-state index in [2.05, 4.69) is 13.5 Å². The molecule has 1 atom stereocenters. The van der Waals surface area contributed by atoms with E-state index in [-0.39, 0.29) is 6.61 Å². The van der Waals surface area contributed by atoms with Crippen LogP contribution in [0, 0.1) is 5.92 Å². The molecule has 0 aliphatic heterocycles. The quantitative estimate of drug-likeness (QED) is 0.584. The molecule has 1 unspecified atom stereocenters. The molecular weight excluding hydrogens is 240 g/mol. The van der Waals surface area contributed by atoms with Gasteiger partial charge in [0.25, 0.3) is 0 Å².